The van der Waals surface area contributed by atoms with E-state index in [1.807, 2.05) is 12.1 Å². The number of benzene rings is 2. The van der Waals surface area contributed by atoms with E-state index in [-0.39, 0.29) is 5.91 Å². The van der Waals surface area contributed by atoms with Crippen LogP contribution in [0.3, 0.4) is 0 Å². The number of hydrogen-bond donors (Lipinski definition) is 2. The molecule has 3 N–H and O–H groups in total. The highest BCUT2D eigenvalue weighted by molar-refractivity contribution is 5.83. The number of ether oxygens (including phenoxy) is 2. The van der Waals surface area contributed by atoms with E-state index in [0.29, 0.717) is 31.0 Å². The molecular formula is C24H32N2O4. The van der Waals surface area contributed by atoms with E-state index in [2.05, 4.69) is 26.0 Å². The Labute approximate surface area is 178 Å². The third-order valence-corrected chi connectivity index (χ3v) is 5.80. The molecule has 0 saturated carbocycles. The van der Waals surface area contributed by atoms with Crippen LogP contribution in [-0.4, -0.2) is 48.8 Å². The Morgan fingerprint density at radius 3 is 2.47 bits per heavy atom. The van der Waals surface area contributed by atoms with Crippen molar-refractivity contribution in [3.05, 3.63) is 65.2 Å². The first-order valence-electron chi connectivity index (χ1n) is 10.5. The van der Waals surface area contributed by atoms with E-state index in [4.69, 9.17) is 15.2 Å². The Hall–Kier alpha value is -2.41. The highest BCUT2D eigenvalue weighted by Crippen LogP contribution is 2.38. The van der Waals surface area contributed by atoms with Gasteiger partial charge in [0.25, 0.3) is 0 Å². The second kappa shape index (κ2) is 9.60. The molecule has 2 aromatic rings. The predicted octanol–water partition coefficient (Wildman–Crippen LogP) is 2.92. The number of hydrogen-bond acceptors (Lipinski definition) is 5. The number of aryl methyl sites for hydroxylation is 1. The lowest BCUT2D eigenvalue weighted by atomic mass is 9.82. The van der Waals surface area contributed by atoms with Gasteiger partial charge in [-0.1, -0.05) is 49.7 Å². The van der Waals surface area contributed by atoms with Gasteiger partial charge in [-0.3, -0.25) is 4.79 Å². The number of amides is 1. The van der Waals surface area contributed by atoms with E-state index in [9.17, 15) is 9.90 Å². The van der Waals surface area contributed by atoms with Crippen LogP contribution in [0.1, 0.15) is 42.6 Å². The van der Waals surface area contributed by atoms with Gasteiger partial charge < -0.3 is 25.2 Å². The second-order valence-corrected chi connectivity index (χ2v) is 7.95. The fraction of sp³-hybridized carbons (Fsp3) is 0.458. The van der Waals surface area contributed by atoms with Gasteiger partial charge in [0, 0.05) is 6.61 Å². The van der Waals surface area contributed by atoms with Crippen molar-refractivity contribution in [1.29, 1.82) is 0 Å². The summed E-state index contributed by atoms with van der Waals surface area (Å²) in [7, 11) is 1.58. The molecule has 6 heteroatoms. The highest BCUT2D eigenvalue weighted by Gasteiger charge is 2.49. The van der Waals surface area contributed by atoms with Gasteiger partial charge in [-0.2, -0.15) is 0 Å². The smallest absolute Gasteiger partial charge is 0.242 e. The first kappa shape index (κ1) is 22.3. The van der Waals surface area contributed by atoms with E-state index in [0.717, 1.165) is 24.0 Å². The highest BCUT2D eigenvalue weighted by atomic mass is 16.5. The zero-order chi connectivity index (χ0) is 21.7. The third kappa shape index (κ3) is 4.51. The molecule has 3 rings (SSSR count). The first-order chi connectivity index (χ1) is 14.4. The van der Waals surface area contributed by atoms with Crippen LogP contribution in [0.5, 0.6) is 5.75 Å². The molecule has 1 fully saturated rings. The minimum absolute atomic E-state index is 0.276. The summed E-state index contributed by atoms with van der Waals surface area (Å²) < 4.78 is 11.4. The maximum absolute atomic E-state index is 13.0. The van der Waals surface area contributed by atoms with Gasteiger partial charge in [-0.15, -0.1) is 0 Å². The molecule has 1 amide bonds. The van der Waals surface area contributed by atoms with Gasteiger partial charge in [0.2, 0.25) is 5.91 Å². The molecule has 0 spiro atoms. The standard InChI is InChI=1S/C24H32N2O4/c1-4-5-14-30-24(20-9-7-6-8-17(20)2)15-26(16-24)23(28)21(25)22(27)18-10-12-19(29-3)13-11-18/h6-13,21-22,27H,4-5,14-16,25H2,1-3H3. The van der Waals surface area contributed by atoms with Crippen LogP contribution in [0.25, 0.3) is 0 Å². The molecule has 1 aliphatic heterocycles. The minimum atomic E-state index is -1.09. The maximum atomic E-state index is 13.0. The average molecular weight is 413 g/mol. The van der Waals surface area contributed by atoms with Crippen molar-refractivity contribution in [2.75, 3.05) is 26.8 Å². The van der Waals surface area contributed by atoms with Crippen molar-refractivity contribution in [3.63, 3.8) is 0 Å². The van der Waals surface area contributed by atoms with Crippen LogP contribution in [0, 0.1) is 6.92 Å². The predicted molar refractivity (Wildman–Crippen MR) is 116 cm³/mol. The quantitative estimate of drug-likeness (QED) is 0.619. The van der Waals surface area contributed by atoms with Gasteiger partial charge >= 0.3 is 0 Å². The Morgan fingerprint density at radius 1 is 1.20 bits per heavy atom. The van der Waals surface area contributed by atoms with Gasteiger partial charge in [-0.05, 0) is 42.2 Å². The minimum Gasteiger partial charge on any atom is -0.497 e. The fourth-order valence-corrected chi connectivity index (χ4v) is 3.92. The van der Waals surface area contributed by atoms with Crippen LogP contribution < -0.4 is 10.5 Å². The summed E-state index contributed by atoms with van der Waals surface area (Å²) in [6.45, 7) is 5.70. The van der Waals surface area contributed by atoms with Crippen LogP contribution >= 0.6 is 0 Å². The van der Waals surface area contributed by atoms with Crippen molar-refractivity contribution in [3.8, 4) is 5.75 Å². The van der Waals surface area contributed by atoms with Gasteiger partial charge in [0.1, 0.15) is 23.5 Å². The first-order valence-corrected chi connectivity index (χ1v) is 10.5. The molecule has 6 nitrogen and oxygen atoms in total. The second-order valence-electron chi connectivity index (χ2n) is 7.95. The summed E-state index contributed by atoms with van der Waals surface area (Å²) in [5, 5.41) is 10.6. The molecule has 2 unspecified atom stereocenters. The lowest BCUT2D eigenvalue weighted by Crippen LogP contribution is -2.65. The van der Waals surface area contributed by atoms with Crippen molar-refractivity contribution >= 4 is 5.91 Å². The normalized spacial score (nSPS) is 17.2. The molecule has 1 heterocycles. The average Bonchev–Trinajstić information content (AvgIpc) is 2.74. The molecule has 1 aliphatic rings. The number of carbonyl (C=O) groups excluding carboxylic acids is 1. The van der Waals surface area contributed by atoms with E-state index >= 15 is 0 Å². The number of unbranched alkanes of at least 4 members (excludes halogenated alkanes) is 1. The van der Waals surface area contributed by atoms with Crippen molar-refractivity contribution in [1.82, 2.24) is 4.90 Å². The van der Waals surface area contributed by atoms with E-state index < -0.39 is 17.7 Å². The zero-order valence-electron chi connectivity index (χ0n) is 18.0. The third-order valence-electron chi connectivity index (χ3n) is 5.80. The van der Waals surface area contributed by atoms with Crippen LogP contribution in [0.15, 0.2) is 48.5 Å². The molecule has 0 aliphatic carbocycles. The molecule has 162 valence electrons. The van der Waals surface area contributed by atoms with Gasteiger partial charge in [-0.25, -0.2) is 0 Å². The lowest BCUT2D eigenvalue weighted by molar-refractivity contribution is -0.176. The van der Waals surface area contributed by atoms with Gasteiger partial charge in [0.05, 0.1) is 20.2 Å². The Bertz CT molecular complexity index is 847. The summed E-state index contributed by atoms with van der Waals surface area (Å²) in [5.41, 5.74) is 8.46. The fourth-order valence-electron chi connectivity index (χ4n) is 3.92. The zero-order valence-corrected chi connectivity index (χ0v) is 18.0. The molecule has 0 bridgehead atoms. The van der Waals surface area contributed by atoms with Crippen LogP contribution in [0.2, 0.25) is 0 Å². The molecular weight excluding hydrogens is 380 g/mol. The molecule has 1 saturated heterocycles. The molecule has 0 radical (unpaired) electrons. The number of nitrogens with two attached hydrogens (primary N) is 1. The number of aliphatic hydroxyl groups excluding tert-OH is 1. The monoisotopic (exact) mass is 412 g/mol. The maximum Gasteiger partial charge on any atom is 0.242 e. The SMILES string of the molecule is CCCCOC1(c2ccccc2C)CN(C(=O)C(N)C(O)c2ccc(OC)cc2)C1. The summed E-state index contributed by atoms with van der Waals surface area (Å²) in [6.07, 6.45) is 0.931. The summed E-state index contributed by atoms with van der Waals surface area (Å²) in [5.74, 6) is 0.405. The number of rotatable bonds is 9. The summed E-state index contributed by atoms with van der Waals surface area (Å²) in [4.78, 5) is 14.6. The van der Waals surface area contributed by atoms with Crippen molar-refractivity contribution in [2.45, 2.75) is 44.4 Å². The largest absolute Gasteiger partial charge is 0.497 e. The van der Waals surface area contributed by atoms with Crippen LogP contribution in [-0.2, 0) is 15.1 Å². The Balaban J connectivity index is 1.70. The number of methoxy groups -OCH3 is 1. The van der Waals surface area contributed by atoms with E-state index in [1.165, 1.54) is 0 Å². The summed E-state index contributed by atoms with van der Waals surface area (Å²) >= 11 is 0. The molecule has 2 atom stereocenters. The Morgan fingerprint density at radius 2 is 1.87 bits per heavy atom. The van der Waals surface area contributed by atoms with Crippen molar-refractivity contribution < 1.29 is 19.4 Å². The molecule has 30 heavy (non-hydrogen) atoms. The van der Waals surface area contributed by atoms with Gasteiger partial charge in [0.15, 0.2) is 0 Å². The number of nitrogens with zero attached hydrogens (tertiary/aromatic N) is 1. The lowest BCUT2D eigenvalue weighted by Gasteiger charge is -2.51. The number of aliphatic hydroxyl groups is 1. The number of likely N-dealkylation sites (tertiary alicyclic amines) is 1. The Kier molecular flexibility index (Phi) is 7.13. The topological polar surface area (TPSA) is 85.0 Å². The van der Waals surface area contributed by atoms with Crippen LogP contribution in [0.4, 0.5) is 0 Å². The molecule has 0 aromatic heterocycles. The number of carbonyl (C=O) groups is 1. The van der Waals surface area contributed by atoms with Crippen molar-refractivity contribution in [2.24, 2.45) is 5.73 Å². The molecule has 2 aromatic carbocycles. The van der Waals surface area contributed by atoms with E-state index in [1.54, 1.807) is 36.3 Å². The summed E-state index contributed by atoms with van der Waals surface area (Å²) in [6, 6.07) is 14.0.